The molecule has 12 heavy (non-hydrogen) atoms. The lowest BCUT2D eigenvalue weighted by molar-refractivity contribution is -0.182. The molecule has 70 valence electrons. The van der Waals surface area contributed by atoms with Crippen molar-refractivity contribution < 1.29 is 19.7 Å². The lowest BCUT2D eigenvalue weighted by atomic mass is 9.88. The molecule has 0 radical (unpaired) electrons. The average Bonchev–Trinajstić information content (AvgIpc) is 1.85. The molecule has 2 N–H and O–H groups in total. The van der Waals surface area contributed by atoms with Gasteiger partial charge < -0.3 is 14.9 Å². The maximum absolute atomic E-state index is 11.0. The van der Waals surface area contributed by atoms with E-state index in [4.69, 9.17) is 0 Å². The number of hydrogen-bond donors (Lipinski definition) is 2. The molecule has 0 rings (SSSR count). The second-order valence-corrected chi connectivity index (χ2v) is 3.20. The van der Waals surface area contributed by atoms with Gasteiger partial charge in [-0.2, -0.15) is 0 Å². The van der Waals surface area contributed by atoms with E-state index in [-0.39, 0.29) is 0 Å². The van der Waals surface area contributed by atoms with E-state index < -0.39 is 17.2 Å². The van der Waals surface area contributed by atoms with E-state index in [1.165, 1.54) is 20.8 Å². The van der Waals surface area contributed by atoms with E-state index in [0.717, 1.165) is 6.26 Å². The van der Waals surface area contributed by atoms with Crippen LogP contribution < -0.4 is 0 Å². The molecule has 0 aromatic carbocycles. The molecule has 1 unspecified atom stereocenters. The van der Waals surface area contributed by atoms with E-state index in [1.807, 2.05) is 0 Å². The van der Waals surface area contributed by atoms with Gasteiger partial charge in [-0.15, -0.1) is 0 Å². The number of carbonyl (C=O) groups is 1. The van der Waals surface area contributed by atoms with Gasteiger partial charge >= 0.3 is 5.97 Å². The quantitative estimate of drug-likeness (QED) is 0.473. The average molecular weight is 174 g/mol. The summed E-state index contributed by atoms with van der Waals surface area (Å²) in [7, 11) is 0. The molecule has 1 atom stereocenters. The van der Waals surface area contributed by atoms with E-state index in [9.17, 15) is 15.0 Å². The van der Waals surface area contributed by atoms with Crippen molar-refractivity contribution >= 4 is 5.97 Å². The Labute approximate surface area is 71.5 Å². The number of ether oxygens (including phenoxy) is 1. The van der Waals surface area contributed by atoms with Crippen LogP contribution in [0.1, 0.15) is 20.8 Å². The number of aliphatic hydroxyl groups is 2. The Balaban J connectivity index is 4.61. The summed E-state index contributed by atoms with van der Waals surface area (Å²) in [5.41, 5.74) is -3.48. The zero-order chi connectivity index (χ0) is 9.99. The van der Waals surface area contributed by atoms with Gasteiger partial charge in [0.25, 0.3) is 0 Å². The van der Waals surface area contributed by atoms with Crippen LogP contribution in [0.4, 0.5) is 0 Å². The van der Waals surface area contributed by atoms with Crippen molar-refractivity contribution in [3.8, 4) is 0 Å². The van der Waals surface area contributed by atoms with Crippen molar-refractivity contribution in [2.75, 3.05) is 0 Å². The molecule has 0 saturated heterocycles. The molecule has 4 nitrogen and oxygen atoms in total. The Morgan fingerprint density at radius 1 is 1.42 bits per heavy atom. The van der Waals surface area contributed by atoms with Crippen LogP contribution in [0.3, 0.4) is 0 Å². The number of rotatable bonds is 3. The highest BCUT2D eigenvalue weighted by Crippen LogP contribution is 2.22. The van der Waals surface area contributed by atoms with E-state index in [2.05, 4.69) is 11.3 Å². The molecule has 0 aliphatic rings. The molecule has 4 heteroatoms. The molecular formula is C8H14O4. The lowest BCUT2D eigenvalue weighted by Crippen LogP contribution is -2.54. The number of hydrogen-bond acceptors (Lipinski definition) is 4. The summed E-state index contributed by atoms with van der Waals surface area (Å²) in [5.74, 6) is -0.926. The first-order chi connectivity index (χ1) is 5.23. The molecule has 0 aliphatic heterocycles. The summed E-state index contributed by atoms with van der Waals surface area (Å²) < 4.78 is 4.35. The van der Waals surface area contributed by atoms with Crippen molar-refractivity contribution in [3.05, 3.63) is 12.8 Å². The Morgan fingerprint density at radius 3 is 2.08 bits per heavy atom. The summed E-state index contributed by atoms with van der Waals surface area (Å²) in [6, 6.07) is 0. The molecule has 0 heterocycles. The largest absolute Gasteiger partial charge is 0.433 e. The van der Waals surface area contributed by atoms with Crippen molar-refractivity contribution in [1.82, 2.24) is 0 Å². The van der Waals surface area contributed by atoms with Crippen LogP contribution in [0.2, 0.25) is 0 Å². The summed E-state index contributed by atoms with van der Waals surface area (Å²) in [6.45, 7) is 6.97. The van der Waals surface area contributed by atoms with E-state index in [0.29, 0.717) is 0 Å². The lowest BCUT2D eigenvalue weighted by Gasteiger charge is -2.32. The second kappa shape index (κ2) is 3.25. The zero-order valence-corrected chi connectivity index (χ0v) is 7.50. The maximum Gasteiger partial charge on any atom is 0.345 e. The first-order valence-corrected chi connectivity index (χ1v) is 3.50. The molecule has 0 spiro atoms. The fourth-order valence-electron chi connectivity index (χ4n) is 0.440. The van der Waals surface area contributed by atoms with Gasteiger partial charge in [0, 0.05) is 0 Å². The predicted octanol–water partition coefficient (Wildman–Crippen LogP) is 0.195. The first kappa shape index (κ1) is 11.1. The molecule has 0 bridgehead atoms. The third kappa shape index (κ3) is 2.06. The van der Waals surface area contributed by atoms with Crippen molar-refractivity contribution in [1.29, 1.82) is 0 Å². The SMILES string of the molecule is C=COC(=O)C(C)(O)C(C)(C)O. The van der Waals surface area contributed by atoms with Crippen LogP contribution in [-0.2, 0) is 9.53 Å². The minimum atomic E-state index is -1.93. The van der Waals surface area contributed by atoms with Gasteiger partial charge in [-0.25, -0.2) is 4.79 Å². The Kier molecular flexibility index (Phi) is 3.01. The number of esters is 1. The van der Waals surface area contributed by atoms with Gasteiger partial charge in [-0.3, -0.25) is 0 Å². The van der Waals surface area contributed by atoms with Crippen LogP contribution in [-0.4, -0.2) is 27.4 Å². The van der Waals surface area contributed by atoms with Crippen molar-refractivity contribution in [2.24, 2.45) is 0 Å². The fraction of sp³-hybridized carbons (Fsp3) is 0.625. The Bertz CT molecular complexity index is 188. The highest BCUT2D eigenvalue weighted by atomic mass is 16.5. The van der Waals surface area contributed by atoms with E-state index in [1.54, 1.807) is 0 Å². The van der Waals surface area contributed by atoms with Crippen molar-refractivity contribution in [3.63, 3.8) is 0 Å². The molecule has 0 fully saturated rings. The van der Waals surface area contributed by atoms with Gasteiger partial charge in [0.1, 0.15) is 0 Å². The summed E-state index contributed by atoms with van der Waals surface area (Å²) in [4.78, 5) is 11.0. The van der Waals surface area contributed by atoms with Gasteiger partial charge in [0.05, 0.1) is 11.9 Å². The van der Waals surface area contributed by atoms with Gasteiger partial charge in [0.2, 0.25) is 0 Å². The van der Waals surface area contributed by atoms with Gasteiger partial charge in [-0.05, 0) is 20.8 Å². The molecule has 0 aromatic heterocycles. The highest BCUT2D eigenvalue weighted by Gasteiger charge is 2.45. The van der Waals surface area contributed by atoms with Gasteiger partial charge in [0.15, 0.2) is 5.60 Å². The minimum Gasteiger partial charge on any atom is -0.433 e. The van der Waals surface area contributed by atoms with E-state index >= 15 is 0 Å². The standard InChI is InChI=1S/C8H14O4/c1-5-12-6(9)8(4,11)7(2,3)10/h5,10-11H,1H2,2-4H3. The topological polar surface area (TPSA) is 66.8 Å². The summed E-state index contributed by atoms with van der Waals surface area (Å²) >= 11 is 0. The van der Waals surface area contributed by atoms with Crippen LogP contribution in [0.25, 0.3) is 0 Å². The first-order valence-electron chi connectivity index (χ1n) is 3.50. The van der Waals surface area contributed by atoms with Crippen LogP contribution >= 0.6 is 0 Å². The molecule has 0 aromatic rings. The number of carbonyl (C=O) groups excluding carboxylic acids is 1. The van der Waals surface area contributed by atoms with Crippen LogP contribution in [0.15, 0.2) is 12.8 Å². The Hall–Kier alpha value is -0.870. The molecule has 0 saturated carbocycles. The third-order valence-corrected chi connectivity index (χ3v) is 1.78. The summed E-state index contributed by atoms with van der Waals surface area (Å²) in [6.07, 6.45) is 0.905. The van der Waals surface area contributed by atoms with Crippen LogP contribution in [0, 0.1) is 0 Å². The second-order valence-electron chi connectivity index (χ2n) is 3.20. The predicted molar refractivity (Wildman–Crippen MR) is 43.2 cm³/mol. The maximum atomic E-state index is 11.0. The molecular weight excluding hydrogens is 160 g/mol. The minimum absolute atomic E-state index is 0.905. The third-order valence-electron chi connectivity index (χ3n) is 1.78. The van der Waals surface area contributed by atoms with Crippen molar-refractivity contribution in [2.45, 2.75) is 32.0 Å². The fourth-order valence-corrected chi connectivity index (χ4v) is 0.440. The molecule has 0 aliphatic carbocycles. The normalized spacial score (nSPS) is 16.4. The zero-order valence-electron chi connectivity index (χ0n) is 7.50. The highest BCUT2D eigenvalue weighted by molar-refractivity contribution is 5.80. The monoisotopic (exact) mass is 174 g/mol. The smallest absolute Gasteiger partial charge is 0.345 e. The molecule has 0 amide bonds. The van der Waals surface area contributed by atoms with Gasteiger partial charge in [-0.1, -0.05) is 6.58 Å². The Morgan fingerprint density at radius 2 is 1.83 bits per heavy atom. The summed E-state index contributed by atoms with van der Waals surface area (Å²) in [5, 5.41) is 18.8. The van der Waals surface area contributed by atoms with Crippen LogP contribution in [0.5, 0.6) is 0 Å².